The Morgan fingerprint density at radius 2 is 2.11 bits per heavy atom. The first-order valence-electron chi connectivity index (χ1n) is 3.76. The van der Waals surface area contributed by atoms with Gasteiger partial charge in [0.1, 0.15) is 0 Å². The largest absolute Gasteiger partial charge is 0.375 e. The molecule has 1 aliphatic heterocycles. The van der Waals surface area contributed by atoms with Crippen LogP contribution in [0.15, 0.2) is 0 Å². The first-order valence-corrected chi connectivity index (χ1v) is 3.76. The highest BCUT2D eigenvalue weighted by molar-refractivity contribution is 4.82. The van der Waals surface area contributed by atoms with Crippen LogP contribution in [-0.2, 0) is 4.74 Å². The maximum Gasteiger partial charge on any atom is 0.0678 e. The molecule has 0 bridgehead atoms. The molecule has 0 aromatic carbocycles. The predicted octanol–water partition coefficient (Wildman–Crippen LogP) is 2.21. The van der Waals surface area contributed by atoms with Gasteiger partial charge in [-0.3, -0.25) is 0 Å². The van der Waals surface area contributed by atoms with Crippen LogP contribution >= 0.6 is 0 Å². The Balaban J connectivity index is 2.24. The van der Waals surface area contributed by atoms with Crippen molar-refractivity contribution in [2.75, 3.05) is 6.61 Å². The summed E-state index contributed by atoms with van der Waals surface area (Å²) in [6.07, 6.45) is 2.47. The lowest BCUT2D eigenvalue weighted by Crippen LogP contribution is -2.41. The minimum atomic E-state index is 0.244. The summed E-state index contributed by atoms with van der Waals surface area (Å²) in [4.78, 5) is 0. The van der Waals surface area contributed by atoms with E-state index in [-0.39, 0.29) is 5.60 Å². The summed E-state index contributed by atoms with van der Waals surface area (Å²) >= 11 is 0. The molecule has 0 aromatic rings. The van der Waals surface area contributed by atoms with Crippen LogP contribution in [0, 0.1) is 5.92 Å². The molecule has 0 aliphatic carbocycles. The van der Waals surface area contributed by atoms with Crippen molar-refractivity contribution in [3.63, 3.8) is 0 Å². The fourth-order valence-electron chi connectivity index (χ4n) is 1.48. The van der Waals surface area contributed by atoms with Crippen LogP contribution in [0.2, 0.25) is 0 Å². The first kappa shape index (κ1) is 7.07. The molecule has 1 nitrogen and oxygen atoms in total. The summed E-state index contributed by atoms with van der Waals surface area (Å²) in [6, 6.07) is 0. The monoisotopic (exact) mass is 128 g/mol. The number of hydrogen-bond acceptors (Lipinski definition) is 1. The van der Waals surface area contributed by atoms with Crippen molar-refractivity contribution in [2.45, 2.75) is 39.2 Å². The minimum absolute atomic E-state index is 0.244. The molecule has 0 spiro atoms. The highest BCUT2D eigenvalue weighted by Crippen LogP contribution is 2.31. The van der Waals surface area contributed by atoms with Gasteiger partial charge in [-0.15, -0.1) is 0 Å². The Labute approximate surface area is 57.4 Å². The van der Waals surface area contributed by atoms with E-state index in [1.807, 2.05) is 0 Å². The molecular weight excluding hydrogens is 112 g/mol. The normalized spacial score (nSPS) is 34.7. The van der Waals surface area contributed by atoms with Gasteiger partial charge in [-0.05, 0) is 25.7 Å². The summed E-state index contributed by atoms with van der Waals surface area (Å²) in [5.74, 6) is 0.773. The van der Waals surface area contributed by atoms with Crippen LogP contribution < -0.4 is 0 Å². The molecule has 1 aliphatic rings. The molecular formula is C8H16O. The molecule has 1 fully saturated rings. The van der Waals surface area contributed by atoms with Gasteiger partial charge in [0, 0.05) is 0 Å². The number of rotatable bonds is 2. The van der Waals surface area contributed by atoms with Gasteiger partial charge in [0.15, 0.2) is 0 Å². The lowest BCUT2D eigenvalue weighted by Gasteiger charge is -2.39. The van der Waals surface area contributed by atoms with Crippen molar-refractivity contribution in [2.24, 2.45) is 5.92 Å². The molecule has 0 aromatic heterocycles. The second-order valence-corrected chi connectivity index (χ2v) is 3.65. The second-order valence-electron chi connectivity index (χ2n) is 3.65. The second kappa shape index (κ2) is 2.30. The molecule has 0 saturated carbocycles. The zero-order valence-electron chi connectivity index (χ0n) is 6.61. The van der Waals surface area contributed by atoms with Crippen LogP contribution in [0.3, 0.4) is 0 Å². The van der Waals surface area contributed by atoms with Crippen LogP contribution in [0.5, 0.6) is 0 Å². The van der Waals surface area contributed by atoms with E-state index in [2.05, 4.69) is 20.8 Å². The molecule has 54 valence electrons. The third-order valence-electron chi connectivity index (χ3n) is 1.92. The topological polar surface area (TPSA) is 9.23 Å². The Bertz CT molecular complexity index is 92.7. The summed E-state index contributed by atoms with van der Waals surface area (Å²) in [5.41, 5.74) is 0.244. The quantitative estimate of drug-likeness (QED) is 0.554. The van der Waals surface area contributed by atoms with E-state index in [0.29, 0.717) is 0 Å². The number of ether oxygens (including phenoxy) is 1. The van der Waals surface area contributed by atoms with E-state index < -0.39 is 0 Å². The number of hydrogen-bond donors (Lipinski definition) is 0. The van der Waals surface area contributed by atoms with Crippen molar-refractivity contribution < 1.29 is 4.74 Å². The maximum atomic E-state index is 5.43. The molecule has 0 amide bonds. The molecule has 1 heterocycles. The van der Waals surface area contributed by atoms with E-state index in [0.717, 1.165) is 12.5 Å². The van der Waals surface area contributed by atoms with Crippen LogP contribution in [-0.4, -0.2) is 12.2 Å². The molecule has 0 N–H and O–H groups in total. The maximum absolute atomic E-state index is 5.43. The lowest BCUT2D eigenvalue weighted by molar-refractivity contribution is -0.143. The van der Waals surface area contributed by atoms with E-state index in [1.165, 1.54) is 12.8 Å². The fourth-order valence-corrected chi connectivity index (χ4v) is 1.48. The van der Waals surface area contributed by atoms with Gasteiger partial charge >= 0.3 is 0 Å². The predicted molar refractivity (Wildman–Crippen MR) is 38.4 cm³/mol. The smallest absolute Gasteiger partial charge is 0.0678 e. The Kier molecular flexibility index (Phi) is 1.80. The zero-order valence-corrected chi connectivity index (χ0v) is 6.61. The van der Waals surface area contributed by atoms with Crippen molar-refractivity contribution in [1.82, 2.24) is 0 Å². The van der Waals surface area contributed by atoms with E-state index in [4.69, 9.17) is 4.74 Å². The molecule has 0 radical (unpaired) electrons. The van der Waals surface area contributed by atoms with Crippen LogP contribution in [0.4, 0.5) is 0 Å². The van der Waals surface area contributed by atoms with Gasteiger partial charge in [-0.25, -0.2) is 0 Å². The van der Waals surface area contributed by atoms with E-state index in [9.17, 15) is 0 Å². The van der Waals surface area contributed by atoms with Gasteiger partial charge in [0.2, 0.25) is 0 Å². The average Bonchev–Trinajstić information content (AvgIpc) is 1.60. The third-order valence-corrected chi connectivity index (χ3v) is 1.92. The van der Waals surface area contributed by atoms with Gasteiger partial charge in [0.05, 0.1) is 12.2 Å². The lowest BCUT2D eigenvalue weighted by atomic mass is 9.88. The SMILES string of the molecule is CC(C)C[C@]1(C)CCO1. The molecule has 1 saturated heterocycles. The van der Waals surface area contributed by atoms with Gasteiger partial charge in [0.25, 0.3) is 0 Å². The molecule has 9 heavy (non-hydrogen) atoms. The van der Waals surface area contributed by atoms with Crippen molar-refractivity contribution in [3.8, 4) is 0 Å². The fraction of sp³-hybridized carbons (Fsp3) is 1.00. The molecule has 1 rings (SSSR count). The zero-order chi connectivity index (χ0) is 6.91. The van der Waals surface area contributed by atoms with Crippen molar-refractivity contribution in [1.29, 1.82) is 0 Å². The van der Waals surface area contributed by atoms with Crippen LogP contribution in [0.1, 0.15) is 33.6 Å². The Hall–Kier alpha value is -0.0400. The minimum Gasteiger partial charge on any atom is -0.375 e. The highest BCUT2D eigenvalue weighted by Gasteiger charge is 2.33. The van der Waals surface area contributed by atoms with Crippen molar-refractivity contribution in [3.05, 3.63) is 0 Å². The summed E-state index contributed by atoms with van der Waals surface area (Å²) < 4.78 is 5.43. The van der Waals surface area contributed by atoms with E-state index in [1.54, 1.807) is 0 Å². The molecule has 0 unspecified atom stereocenters. The van der Waals surface area contributed by atoms with Gasteiger partial charge < -0.3 is 4.74 Å². The van der Waals surface area contributed by atoms with Crippen LogP contribution in [0.25, 0.3) is 0 Å². The Morgan fingerprint density at radius 3 is 2.22 bits per heavy atom. The highest BCUT2D eigenvalue weighted by atomic mass is 16.5. The molecule has 1 heteroatoms. The standard InChI is InChI=1S/C8H16O/c1-7(2)6-8(3)4-5-9-8/h7H,4-6H2,1-3H3/t8-/m0/s1. The van der Waals surface area contributed by atoms with Crippen molar-refractivity contribution >= 4 is 0 Å². The third kappa shape index (κ3) is 1.68. The Morgan fingerprint density at radius 1 is 1.56 bits per heavy atom. The average molecular weight is 128 g/mol. The summed E-state index contributed by atoms with van der Waals surface area (Å²) in [5, 5.41) is 0. The van der Waals surface area contributed by atoms with Gasteiger partial charge in [-0.1, -0.05) is 13.8 Å². The first-order chi connectivity index (χ1) is 4.12. The summed E-state index contributed by atoms with van der Waals surface area (Å²) in [6.45, 7) is 7.67. The van der Waals surface area contributed by atoms with Gasteiger partial charge in [-0.2, -0.15) is 0 Å². The summed E-state index contributed by atoms with van der Waals surface area (Å²) in [7, 11) is 0. The molecule has 1 atom stereocenters. The van der Waals surface area contributed by atoms with E-state index >= 15 is 0 Å².